The molecule has 0 aliphatic heterocycles. The second kappa shape index (κ2) is 6.23. The molecule has 0 atom stereocenters. The van der Waals surface area contributed by atoms with Crippen LogP contribution >= 0.6 is 22.9 Å². The summed E-state index contributed by atoms with van der Waals surface area (Å²) >= 11 is 7.50. The highest BCUT2D eigenvalue weighted by molar-refractivity contribution is 7.17. The Bertz CT molecular complexity index is 1070. The van der Waals surface area contributed by atoms with Crippen LogP contribution in [-0.4, -0.2) is 9.55 Å². The Morgan fingerprint density at radius 2 is 1.92 bits per heavy atom. The summed E-state index contributed by atoms with van der Waals surface area (Å²) in [4.78, 5) is 17.3. The first-order valence-electron chi connectivity index (χ1n) is 7.49. The number of aromatic nitrogens is 2. The predicted molar refractivity (Wildman–Crippen MR) is 99.9 cm³/mol. The molecule has 4 aromatic rings. The molecule has 2 aromatic carbocycles. The Kier molecular flexibility index (Phi) is 3.92. The smallest absolute Gasteiger partial charge is 0.271 e. The number of rotatable bonds is 3. The Hall–Kier alpha value is -2.43. The molecule has 3 nitrogen and oxygen atoms in total. The van der Waals surface area contributed by atoms with Gasteiger partial charge in [-0.15, -0.1) is 11.3 Å². The molecule has 0 saturated heterocycles. The number of hydrogen-bond donors (Lipinski definition) is 0. The third-order valence-corrected chi connectivity index (χ3v) is 5.07. The molecule has 0 fully saturated rings. The van der Waals surface area contributed by atoms with Crippen molar-refractivity contribution in [1.29, 1.82) is 0 Å². The van der Waals surface area contributed by atoms with E-state index in [1.807, 2.05) is 60.0 Å². The molecular weight excluding hydrogens is 340 g/mol. The van der Waals surface area contributed by atoms with Crippen LogP contribution in [-0.2, 0) is 6.54 Å². The maximum atomic E-state index is 12.8. The van der Waals surface area contributed by atoms with Crippen molar-refractivity contribution in [2.24, 2.45) is 0 Å². The molecule has 0 aliphatic rings. The summed E-state index contributed by atoms with van der Waals surface area (Å²) in [6, 6.07) is 17.5. The maximum Gasteiger partial charge on any atom is 0.271 e. The van der Waals surface area contributed by atoms with Crippen LogP contribution in [0.5, 0.6) is 0 Å². The van der Waals surface area contributed by atoms with Crippen LogP contribution < -0.4 is 5.56 Å². The van der Waals surface area contributed by atoms with Crippen LogP contribution in [0.1, 0.15) is 5.56 Å². The summed E-state index contributed by atoms with van der Waals surface area (Å²) in [6.45, 7) is 0.521. The zero-order valence-corrected chi connectivity index (χ0v) is 14.2. The Balaban J connectivity index is 1.80. The van der Waals surface area contributed by atoms with Gasteiger partial charge in [0.25, 0.3) is 5.56 Å². The summed E-state index contributed by atoms with van der Waals surface area (Å²) in [5.74, 6) is 0. The minimum absolute atomic E-state index is 0.0119. The van der Waals surface area contributed by atoms with Gasteiger partial charge in [0.1, 0.15) is 4.70 Å². The molecule has 0 unspecified atom stereocenters. The van der Waals surface area contributed by atoms with E-state index >= 15 is 0 Å². The average Bonchev–Trinajstić information content (AvgIpc) is 3.03. The lowest BCUT2D eigenvalue weighted by Gasteiger charge is -2.06. The van der Waals surface area contributed by atoms with Crippen molar-refractivity contribution in [2.75, 3.05) is 0 Å². The molecular formula is C19H13ClN2OS. The van der Waals surface area contributed by atoms with E-state index in [4.69, 9.17) is 11.6 Å². The lowest BCUT2D eigenvalue weighted by atomic mass is 10.1. The second-order valence-corrected chi connectivity index (χ2v) is 6.82. The van der Waals surface area contributed by atoms with Gasteiger partial charge in [0.2, 0.25) is 0 Å². The number of hydrogen-bond acceptors (Lipinski definition) is 3. The van der Waals surface area contributed by atoms with Crippen molar-refractivity contribution in [3.8, 4) is 11.1 Å². The summed E-state index contributed by atoms with van der Waals surface area (Å²) in [6.07, 6.45) is 1.62. The number of thiophene rings is 1. The molecule has 0 aliphatic carbocycles. The van der Waals surface area contributed by atoms with Crippen LogP contribution in [0.2, 0.25) is 5.02 Å². The molecule has 0 N–H and O–H groups in total. The molecule has 0 saturated carbocycles. The van der Waals surface area contributed by atoms with E-state index in [0.717, 1.165) is 22.2 Å². The highest BCUT2D eigenvalue weighted by atomic mass is 35.5. The SMILES string of the molecule is O=c1c2scc(-c3cccc(Cl)c3)c2ncn1Cc1ccccc1. The van der Waals surface area contributed by atoms with Crippen molar-refractivity contribution in [3.63, 3.8) is 0 Å². The van der Waals surface area contributed by atoms with Crippen LogP contribution in [0.15, 0.2) is 71.1 Å². The zero-order chi connectivity index (χ0) is 16.5. The van der Waals surface area contributed by atoms with E-state index in [-0.39, 0.29) is 5.56 Å². The minimum atomic E-state index is -0.0119. The van der Waals surface area contributed by atoms with Crippen molar-refractivity contribution >= 4 is 33.2 Å². The minimum Gasteiger partial charge on any atom is -0.294 e. The molecule has 0 radical (unpaired) electrons. The summed E-state index contributed by atoms with van der Waals surface area (Å²) in [5, 5.41) is 2.64. The van der Waals surface area contributed by atoms with Gasteiger partial charge in [0.15, 0.2) is 0 Å². The van der Waals surface area contributed by atoms with E-state index < -0.39 is 0 Å². The quantitative estimate of drug-likeness (QED) is 0.529. The van der Waals surface area contributed by atoms with E-state index in [0.29, 0.717) is 16.3 Å². The van der Waals surface area contributed by atoms with E-state index in [2.05, 4.69) is 4.98 Å². The summed E-state index contributed by atoms with van der Waals surface area (Å²) in [5.41, 5.74) is 3.72. The summed E-state index contributed by atoms with van der Waals surface area (Å²) < 4.78 is 2.32. The van der Waals surface area contributed by atoms with Gasteiger partial charge < -0.3 is 0 Å². The number of fused-ring (bicyclic) bond motifs is 1. The molecule has 118 valence electrons. The number of benzene rings is 2. The largest absolute Gasteiger partial charge is 0.294 e. The van der Waals surface area contributed by atoms with Crippen molar-refractivity contribution in [3.05, 3.63) is 87.2 Å². The molecule has 0 amide bonds. The fraction of sp³-hybridized carbons (Fsp3) is 0.0526. The second-order valence-electron chi connectivity index (χ2n) is 5.50. The molecule has 24 heavy (non-hydrogen) atoms. The van der Waals surface area contributed by atoms with E-state index in [1.54, 1.807) is 10.9 Å². The average molecular weight is 353 g/mol. The normalized spacial score (nSPS) is 11.0. The standard InChI is InChI=1S/C19H13ClN2OS/c20-15-8-4-7-14(9-15)16-11-24-18-17(16)21-12-22(19(18)23)10-13-5-2-1-3-6-13/h1-9,11-12H,10H2. The molecule has 0 bridgehead atoms. The van der Waals surface area contributed by atoms with Crippen molar-refractivity contribution < 1.29 is 0 Å². The molecule has 5 heteroatoms. The van der Waals surface area contributed by atoms with Gasteiger partial charge in [0.05, 0.1) is 18.4 Å². The Morgan fingerprint density at radius 1 is 1.08 bits per heavy atom. The van der Waals surface area contributed by atoms with Gasteiger partial charge >= 0.3 is 0 Å². The van der Waals surface area contributed by atoms with Crippen LogP contribution in [0.3, 0.4) is 0 Å². The fourth-order valence-corrected chi connectivity index (χ4v) is 3.86. The van der Waals surface area contributed by atoms with Crippen LogP contribution in [0.25, 0.3) is 21.3 Å². The van der Waals surface area contributed by atoms with Gasteiger partial charge in [-0.2, -0.15) is 0 Å². The van der Waals surface area contributed by atoms with Crippen molar-refractivity contribution in [1.82, 2.24) is 9.55 Å². The topological polar surface area (TPSA) is 34.9 Å². The first-order valence-corrected chi connectivity index (χ1v) is 8.74. The van der Waals surface area contributed by atoms with Gasteiger partial charge in [0, 0.05) is 16.0 Å². The van der Waals surface area contributed by atoms with E-state index in [9.17, 15) is 4.79 Å². The van der Waals surface area contributed by atoms with E-state index in [1.165, 1.54) is 11.3 Å². The lowest BCUT2D eigenvalue weighted by Crippen LogP contribution is -2.20. The van der Waals surface area contributed by atoms with Gasteiger partial charge in [-0.25, -0.2) is 4.98 Å². The molecule has 0 spiro atoms. The number of halogens is 1. The van der Waals surface area contributed by atoms with Gasteiger partial charge in [-0.1, -0.05) is 54.1 Å². The molecule has 4 rings (SSSR count). The highest BCUT2D eigenvalue weighted by Crippen LogP contribution is 2.31. The van der Waals surface area contributed by atoms with Crippen LogP contribution in [0.4, 0.5) is 0 Å². The highest BCUT2D eigenvalue weighted by Gasteiger charge is 2.12. The van der Waals surface area contributed by atoms with Gasteiger partial charge in [-0.05, 0) is 23.3 Å². The third-order valence-electron chi connectivity index (χ3n) is 3.88. The summed E-state index contributed by atoms with van der Waals surface area (Å²) in [7, 11) is 0. The molecule has 2 aromatic heterocycles. The third kappa shape index (κ3) is 2.75. The Labute approximate surface area is 147 Å². The first kappa shape index (κ1) is 15.1. The predicted octanol–water partition coefficient (Wildman–Crippen LogP) is 4.83. The van der Waals surface area contributed by atoms with Crippen molar-refractivity contribution in [2.45, 2.75) is 6.54 Å². The van der Waals surface area contributed by atoms with Gasteiger partial charge in [-0.3, -0.25) is 9.36 Å². The zero-order valence-electron chi connectivity index (χ0n) is 12.6. The fourth-order valence-electron chi connectivity index (χ4n) is 2.70. The monoisotopic (exact) mass is 352 g/mol. The Morgan fingerprint density at radius 3 is 2.71 bits per heavy atom. The maximum absolute atomic E-state index is 12.8. The molecule has 2 heterocycles. The lowest BCUT2D eigenvalue weighted by molar-refractivity contribution is 0.750. The number of nitrogens with zero attached hydrogens (tertiary/aromatic N) is 2. The van der Waals surface area contributed by atoms with Crippen LogP contribution in [0, 0.1) is 0 Å². The first-order chi connectivity index (χ1) is 11.7.